The molecule has 354 valence electrons. The molecule has 6 aromatic carbocycles. The summed E-state index contributed by atoms with van der Waals surface area (Å²) in [6.45, 7) is 24.0. The normalized spacial score (nSPS) is 15.2. The van der Waals surface area contributed by atoms with Crippen LogP contribution in [0.25, 0.3) is 72.7 Å². The third-order valence-electron chi connectivity index (χ3n) is 12.5. The maximum Gasteiger partial charge on any atom is 0.148 e. The zero-order valence-corrected chi connectivity index (χ0v) is 44.0. The van der Waals surface area contributed by atoms with Crippen LogP contribution in [-0.2, 0) is 31.9 Å². The molecule has 2 heterocycles. The van der Waals surface area contributed by atoms with E-state index >= 15 is 0 Å². The number of aromatic nitrogens is 3. The molecule has 0 spiro atoms. The Morgan fingerprint density at radius 2 is 1.31 bits per heavy atom. The Balaban J connectivity index is 0.00000924. The minimum absolute atomic E-state index is 0. The number of hydrogen-bond donors (Lipinski definition) is 1. The molecule has 0 unspecified atom stereocenters. The quantitative estimate of drug-likeness (QED) is 0.139. The van der Waals surface area contributed by atoms with E-state index in [9.17, 15) is 6.48 Å². The smallest absolute Gasteiger partial charge is 0.148 e. The van der Waals surface area contributed by atoms with Crippen LogP contribution in [0.15, 0.2) is 121 Å². The first-order valence-corrected chi connectivity index (χ1v) is 23.2. The first-order chi connectivity index (χ1) is 36.3. The number of hydrogen-bond acceptors (Lipinski definition) is 3. The molecule has 0 saturated carbocycles. The summed E-state index contributed by atoms with van der Waals surface area (Å²) in [6.07, 6.45) is -0.534. The number of rotatable bonds is 10. The summed E-state index contributed by atoms with van der Waals surface area (Å²) in [6, 6.07) is 25.2. The molecule has 68 heavy (non-hydrogen) atoms. The van der Waals surface area contributed by atoms with Crippen molar-refractivity contribution in [1.29, 1.82) is 0 Å². The molecule has 5 heteroatoms. The zero-order valence-electron chi connectivity index (χ0n) is 53.8. The Hall–Kier alpha value is -5.57. The Morgan fingerprint density at radius 3 is 1.91 bits per heavy atom. The van der Waals surface area contributed by atoms with Gasteiger partial charge in [-0.05, 0) is 127 Å². The van der Waals surface area contributed by atoms with E-state index in [1.54, 1.807) is 71.2 Å². The molecular formula is C63H70N3OPt-. The molecule has 0 aliphatic heterocycles. The molecule has 0 amide bonds. The van der Waals surface area contributed by atoms with Crippen molar-refractivity contribution in [2.24, 2.45) is 0 Å². The van der Waals surface area contributed by atoms with Gasteiger partial charge in [0, 0.05) is 39.8 Å². The Labute approximate surface area is 438 Å². The van der Waals surface area contributed by atoms with E-state index in [0.29, 0.717) is 55.5 Å². The van der Waals surface area contributed by atoms with Crippen LogP contribution in [0.4, 0.5) is 0 Å². The predicted octanol–water partition coefficient (Wildman–Crippen LogP) is 17.7. The fourth-order valence-corrected chi connectivity index (χ4v) is 8.31. The Morgan fingerprint density at radius 1 is 0.647 bits per heavy atom. The van der Waals surface area contributed by atoms with Gasteiger partial charge in [0.25, 0.3) is 0 Å². The first kappa shape index (κ1) is 36.4. The molecule has 0 atom stereocenters. The first-order valence-electron chi connectivity index (χ1n) is 29.2. The molecule has 0 aliphatic carbocycles. The van der Waals surface area contributed by atoms with E-state index in [2.05, 4.69) is 24.9 Å². The molecule has 0 bridgehead atoms. The summed E-state index contributed by atoms with van der Waals surface area (Å²) in [7, 11) is 0. The third kappa shape index (κ3) is 10.1. The maximum absolute atomic E-state index is 12.4. The van der Waals surface area contributed by atoms with Crippen molar-refractivity contribution >= 4 is 11.0 Å². The van der Waals surface area contributed by atoms with Gasteiger partial charge in [-0.2, -0.15) is 0 Å². The number of nitrogens with zero attached hydrogens (tertiary/aromatic N) is 3. The minimum atomic E-state index is -2.69. The van der Waals surface area contributed by atoms with Crippen LogP contribution < -0.4 is 0 Å². The number of phenolic OH excluding ortho intramolecular Hbond substituents is 1. The van der Waals surface area contributed by atoms with E-state index in [0.717, 1.165) is 11.1 Å². The van der Waals surface area contributed by atoms with Crippen LogP contribution in [0, 0.1) is 12.9 Å². The van der Waals surface area contributed by atoms with Gasteiger partial charge < -0.3 is 5.11 Å². The van der Waals surface area contributed by atoms with Crippen molar-refractivity contribution in [2.45, 2.75) is 138 Å². The van der Waals surface area contributed by atoms with Gasteiger partial charge >= 0.3 is 0 Å². The summed E-state index contributed by atoms with van der Waals surface area (Å²) in [5.41, 5.74) is 6.17. The van der Waals surface area contributed by atoms with Crippen molar-refractivity contribution in [2.75, 3.05) is 0 Å². The van der Waals surface area contributed by atoms with Crippen molar-refractivity contribution < 1.29 is 42.6 Å². The molecule has 0 fully saturated rings. The second-order valence-electron chi connectivity index (χ2n) is 20.9. The number of phenols is 1. The van der Waals surface area contributed by atoms with Gasteiger partial charge in [0.2, 0.25) is 0 Å². The second-order valence-corrected chi connectivity index (χ2v) is 20.9. The average molecular weight is 1090 g/mol. The molecule has 0 aliphatic rings. The van der Waals surface area contributed by atoms with Crippen LogP contribution in [0.1, 0.15) is 176 Å². The fraction of sp³-hybridized carbons (Fsp3) is 0.333. The Bertz CT molecular complexity index is 3700. The van der Waals surface area contributed by atoms with Crippen molar-refractivity contribution in [3.8, 4) is 67.5 Å². The molecule has 0 saturated heterocycles. The van der Waals surface area contributed by atoms with Crippen LogP contribution in [-0.4, -0.2) is 19.6 Å². The fourth-order valence-electron chi connectivity index (χ4n) is 8.31. The molecular weight excluding hydrogens is 1010 g/mol. The molecule has 8 rings (SSSR count). The zero-order chi connectivity index (χ0) is 58.7. The minimum Gasteiger partial charge on any atom is -0.507 e. The third-order valence-corrected chi connectivity index (χ3v) is 12.5. The van der Waals surface area contributed by atoms with Gasteiger partial charge in [0.05, 0.1) is 31.9 Å². The number of fused-ring (bicyclic) bond motifs is 1. The summed E-state index contributed by atoms with van der Waals surface area (Å²) >= 11 is 0. The Kier molecular flexibility index (Phi) is 10.4. The summed E-state index contributed by atoms with van der Waals surface area (Å²) in [5.74, 6) is -1.84. The SMILES string of the molecule is [2H]c1nc(-c2[c-]c(-c3cccc4c3nc(-c3cc(C(C)C)cc(C(C)C)c3O)n4-c3ccc(-c4cc(C([2H])(C)C)cc(C([2H])(C)C)c4)cc3C([2H])([2H])[2H])cc(C(C)(C)C)c2)c([2H])c(-c2c([2H])c([2H])c(C(C)(C)C)c([2H])c2[2H])c1[2H].[Pt]. The van der Waals surface area contributed by atoms with E-state index in [1.807, 2.05) is 95.3 Å². The van der Waals surface area contributed by atoms with Crippen molar-refractivity contribution in [1.82, 2.24) is 14.5 Å². The topological polar surface area (TPSA) is 50.9 Å². The molecule has 0 radical (unpaired) electrons. The number of benzene rings is 6. The number of aryl methyl sites for hydroxylation is 1. The summed E-state index contributed by atoms with van der Waals surface area (Å²) in [5, 5.41) is 12.4. The van der Waals surface area contributed by atoms with Crippen molar-refractivity contribution in [3.05, 3.63) is 166 Å². The van der Waals surface area contributed by atoms with Crippen LogP contribution in [0.5, 0.6) is 5.75 Å². The average Bonchev–Trinajstić information content (AvgIpc) is 3.73. The van der Waals surface area contributed by atoms with E-state index < -0.39 is 53.8 Å². The van der Waals surface area contributed by atoms with E-state index in [-0.39, 0.29) is 102 Å². The van der Waals surface area contributed by atoms with E-state index in [1.165, 1.54) is 0 Å². The van der Waals surface area contributed by atoms with Gasteiger partial charge in [0.15, 0.2) is 0 Å². The summed E-state index contributed by atoms with van der Waals surface area (Å²) in [4.78, 5) is 9.88. The predicted molar refractivity (Wildman–Crippen MR) is 285 cm³/mol. The second kappa shape index (κ2) is 19.4. The maximum atomic E-state index is 12.4. The van der Waals surface area contributed by atoms with Crippen LogP contribution >= 0.6 is 0 Å². The summed E-state index contributed by atoms with van der Waals surface area (Å²) < 4.78 is 111. The van der Waals surface area contributed by atoms with Crippen LogP contribution in [0.2, 0.25) is 0 Å². The van der Waals surface area contributed by atoms with Gasteiger partial charge in [-0.15, -0.1) is 29.3 Å². The van der Waals surface area contributed by atoms with Crippen molar-refractivity contribution in [3.63, 3.8) is 0 Å². The molecule has 8 aromatic rings. The van der Waals surface area contributed by atoms with Gasteiger partial charge in [-0.3, -0.25) is 9.55 Å². The number of pyridine rings is 1. The molecule has 2 aromatic heterocycles. The largest absolute Gasteiger partial charge is 0.507 e. The standard InChI is InChI=1S/C63H70N3O.Pt/c1-37(2)45-28-46(38(3)4)30-48(29-45)43-21-24-57(41(9)27-43)66-58-18-16-17-53(59(58)65-61(66)55-35-47(39(5)6)34-54(40(7)8)60(55)67)49-31-50(33-52(32-49)63(13,14)15)56-36-44(25-26-64-56)42-19-22-51(23-20-42)62(10,11)12;/h16-30,32-40,67H,1-15H3;/q-1;/i9D3,19D,20D,22D,23D,25D,26D,36D,37D,38D;. The number of imidazole rings is 1. The van der Waals surface area contributed by atoms with Gasteiger partial charge in [-0.1, -0.05) is 181 Å². The monoisotopic (exact) mass is 1090 g/mol. The van der Waals surface area contributed by atoms with Gasteiger partial charge in [-0.25, -0.2) is 4.98 Å². The van der Waals surface area contributed by atoms with E-state index in [4.69, 9.17) is 20.1 Å². The van der Waals surface area contributed by atoms with Gasteiger partial charge in [0.1, 0.15) is 11.6 Å². The number of aromatic hydroxyl groups is 1. The molecule has 4 nitrogen and oxygen atoms in total. The molecule has 1 N–H and O–H groups in total. The number of para-hydroxylation sites is 1. The van der Waals surface area contributed by atoms with Crippen LogP contribution in [0.3, 0.4) is 0 Å².